The maximum absolute atomic E-state index is 9.43. The van der Waals surface area contributed by atoms with E-state index in [-0.39, 0.29) is 12.1 Å². The Morgan fingerprint density at radius 1 is 1.47 bits per heavy atom. The molecular weight excluding hydrogens is 222 g/mol. The fourth-order valence-corrected chi connectivity index (χ4v) is 2.40. The minimum atomic E-state index is -0.307. The van der Waals surface area contributed by atoms with Crippen molar-refractivity contribution >= 4 is 0 Å². The van der Waals surface area contributed by atoms with Crippen molar-refractivity contribution in [2.24, 2.45) is 5.92 Å². The van der Waals surface area contributed by atoms with Gasteiger partial charge in [0, 0.05) is 26.2 Å². The number of nitrogens with one attached hydrogen (secondary N) is 1. The minimum Gasteiger partial charge on any atom is -0.392 e. The van der Waals surface area contributed by atoms with Gasteiger partial charge in [-0.2, -0.15) is 4.98 Å². The first-order valence-electron chi connectivity index (χ1n) is 6.13. The summed E-state index contributed by atoms with van der Waals surface area (Å²) in [7, 11) is 0. The number of hydrogen-bond donors (Lipinski definition) is 2. The monoisotopic (exact) mass is 239 g/mol. The van der Waals surface area contributed by atoms with Gasteiger partial charge in [-0.1, -0.05) is 5.16 Å². The highest BCUT2D eigenvalue weighted by Crippen LogP contribution is 2.23. The number of aliphatic hydroxyl groups is 1. The topological polar surface area (TPSA) is 80.4 Å². The van der Waals surface area contributed by atoms with Crippen LogP contribution in [0.15, 0.2) is 4.52 Å². The molecule has 0 aromatic carbocycles. The molecule has 1 aromatic heterocycles. The van der Waals surface area contributed by atoms with Crippen molar-refractivity contribution in [3.63, 3.8) is 0 Å². The third-order valence-corrected chi connectivity index (χ3v) is 3.38. The standard InChI is InChI=1S/C11H17N3O3/c15-8-4-9(12-5-8)11-13-10(14-17-11)3-7-1-2-16-6-7/h7-9,12,15H,1-6H2/t7?,8-,9-/m0/s1. The highest BCUT2D eigenvalue weighted by atomic mass is 16.5. The van der Waals surface area contributed by atoms with Gasteiger partial charge in [0.05, 0.1) is 12.1 Å². The Bertz CT molecular complexity index is 376. The van der Waals surface area contributed by atoms with Crippen LogP contribution in [0.5, 0.6) is 0 Å². The van der Waals surface area contributed by atoms with Crippen LogP contribution in [0.4, 0.5) is 0 Å². The first kappa shape index (κ1) is 11.1. The molecule has 1 aromatic rings. The largest absolute Gasteiger partial charge is 0.392 e. The van der Waals surface area contributed by atoms with Gasteiger partial charge in [-0.15, -0.1) is 0 Å². The van der Waals surface area contributed by atoms with E-state index in [0.29, 0.717) is 24.8 Å². The zero-order chi connectivity index (χ0) is 11.7. The number of ether oxygens (including phenoxy) is 1. The Labute approximate surface area is 99.3 Å². The molecule has 0 aliphatic carbocycles. The van der Waals surface area contributed by atoms with E-state index < -0.39 is 0 Å². The highest BCUT2D eigenvalue weighted by molar-refractivity contribution is 4.98. The van der Waals surface area contributed by atoms with E-state index in [0.717, 1.165) is 31.9 Å². The molecule has 0 amide bonds. The lowest BCUT2D eigenvalue weighted by molar-refractivity contribution is 0.185. The van der Waals surface area contributed by atoms with Gasteiger partial charge in [-0.25, -0.2) is 0 Å². The van der Waals surface area contributed by atoms with Crippen LogP contribution in [-0.2, 0) is 11.2 Å². The van der Waals surface area contributed by atoms with Crippen molar-refractivity contribution < 1.29 is 14.4 Å². The van der Waals surface area contributed by atoms with Crippen molar-refractivity contribution in [2.75, 3.05) is 19.8 Å². The summed E-state index contributed by atoms with van der Waals surface area (Å²) in [6.07, 6.45) is 2.23. The molecule has 0 bridgehead atoms. The molecule has 94 valence electrons. The van der Waals surface area contributed by atoms with Crippen LogP contribution in [0, 0.1) is 5.92 Å². The summed E-state index contributed by atoms with van der Waals surface area (Å²) in [5.41, 5.74) is 0. The average molecular weight is 239 g/mol. The molecule has 3 atom stereocenters. The Kier molecular flexibility index (Phi) is 3.09. The second kappa shape index (κ2) is 4.72. The molecule has 0 radical (unpaired) electrons. The van der Waals surface area contributed by atoms with Crippen molar-refractivity contribution in [1.29, 1.82) is 0 Å². The van der Waals surface area contributed by atoms with Gasteiger partial charge in [0.2, 0.25) is 5.89 Å². The first-order chi connectivity index (χ1) is 8.31. The van der Waals surface area contributed by atoms with E-state index in [1.165, 1.54) is 0 Å². The molecule has 3 heterocycles. The molecule has 17 heavy (non-hydrogen) atoms. The summed E-state index contributed by atoms with van der Waals surface area (Å²) in [4.78, 5) is 4.38. The lowest BCUT2D eigenvalue weighted by Gasteiger charge is -2.02. The number of rotatable bonds is 3. The van der Waals surface area contributed by atoms with E-state index >= 15 is 0 Å². The highest BCUT2D eigenvalue weighted by Gasteiger charge is 2.28. The van der Waals surface area contributed by atoms with Gasteiger partial charge >= 0.3 is 0 Å². The summed E-state index contributed by atoms with van der Waals surface area (Å²) in [6, 6.07) is 0.00563. The fraction of sp³-hybridized carbons (Fsp3) is 0.818. The van der Waals surface area contributed by atoms with E-state index in [4.69, 9.17) is 9.26 Å². The number of nitrogens with zero attached hydrogens (tertiary/aromatic N) is 2. The molecule has 6 nitrogen and oxygen atoms in total. The molecule has 6 heteroatoms. The molecule has 2 fully saturated rings. The normalized spacial score (nSPS) is 33.4. The van der Waals surface area contributed by atoms with Crippen molar-refractivity contribution in [2.45, 2.75) is 31.4 Å². The van der Waals surface area contributed by atoms with Crippen molar-refractivity contribution in [1.82, 2.24) is 15.5 Å². The summed E-state index contributed by atoms with van der Waals surface area (Å²) >= 11 is 0. The number of β-amino-alcohol motifs (C(OH)–C–C–N with tert-alkyl or cyclic N) is 1. The smallest absolute Gasteiger partial charge is 0.243 e. The maximum Gasteiger partial charge on any atom is 0.243 e. The lowest BCUT2D eigenvalue weighted by atomic mass is 10.1. The number of hydrogen-bond acceptors (Lipinski definition) is 6. The van der Waals surface area contributed by atoms with Crippen LogP contribution >= 0.6 is 0 Å². The summed E-state index contributed by atoms with van der Waals surface area (Å²) < 4.78 is 10.6. The molecule has 2 N–H and O–H groups in total. The average Bonchev–Trinajstić information content (AvgIpc) is 2.99. The SMILES string of the molecule is O[C@@H]1CN[C@H](c2nc(CC3CCOC3)no2)C1. The van der Waals surface area contributed by atoms with Crippen LogP contribution < -0.4 is 5.32 Å². The zero-order valence-electron chi connectivity index (χ0n) is 9.63. The van der Waals surface area contributed by atoms with Gasteiger partial charge < -0.3 is 19.7 Å². The van der Waals surface area contributed by atoms with Crippen LogP contribution in [0.1, 0.15) is 30.6 Å². The quantitative estimate of drug-likeness (QED) is 0.775. The fourth-order valence-electron chi connectivity index (χ4n) is 2.40. The maximum atomic E-state index is 9.43. The predicted octanol–water partition coefficient (Wildman–Crippen LogP) is 0.0439. The summed E-state index contributed by atoms with van der Waals surface area (Å²) in [6.45, 7) is 2.23. The van der Waals surface area contributed by atoms with Crippen LogP contribution in [0.3, 0.4) is 0 Å². The molecule has 2 saturated heterocycles. The third-order valence-electron chi connectivity index (χ3n) is 3.38. The van der Waals surface area contributed by atoms with Crippen molar-refractivity contribution in [3.8, 4) is 0 Å². The molecule has 0 saturated carbocycles. The lowest BCUT2D eigenvalue weighted by Crippen LogP contribution is -2.15. The minimum absolute atomic E-state index is 0.00563. The predicted molar refractivity (Wildman–Crippen MR) is 58.3 cm³/mol. The van der Waals surface area contributed by atoms with E-state index in [9.17, 15) is 5.11 Å². The van der Waals surface area contributed by atoms with Gasteiger partial charge in [0.1, 0.15) is 0 Å². The second-order valence-electron chi connectivity index (χ2n) is 4.83. The van der Waals surface area contributed by atoms with Crippen LogP contribution in [0.2, 0.25) is 0 Å². The molecule has 0 spiro atoms. The molecular formula is C11H17N3O3. The van der Waals surface area contributed by atoms with Crippen LogP contribution in [-0.4, -0.2) is 41.1 Å². The summed E-state index contributed by atoms with van der Waals surface area (Å²) in [5, 5.41) is 16.6. The van der Waals surface area contributed by atoms with Gasteiger partial charge in [0.25, 0.3) is 0 Å². The molecule has 2 aliphatic rings. The summed E-state index contributed by atoms with van der Waals surface area (Å²) in [5.74, 6) is 1.86. The Hall–Kier alpha value is -0.980. The van der Waals surface area contributed by atoms with Gasteiger partial charge in [0.15, 0.2) is 5.82 Å². The van der Waals surface area contributed by atoms with Gasteiger partial charge in [-0.05, 0) is 18.8 Å². The Morgan fingerprint density at radius 2 is 2.41 bits per heavy atom. The van der Waals surface area contributed by atoms with E-state index in [1.54, 1.807) is 0 Å². The molecule has 1 unspecified atom stereocenters. The Morgan fingerprint density at radius 3 is 3.12 bits per heavy atom. The van der Waals surface area contributed by atoms with E-state index in [1.807, 2.05) is 0 Å². The second-order valence-corrected chi connectivity index (χ2v) is 4.83. The Balaban J connectivity index is 1.61. The number of aromatic nitrogens is 2. The van der Waals surface area contributed by atoms with E-state index in [2.05, 4.69) is 15.5 Å². The first-order valence-corrected chi connectivity index (χ1v) is 6.13. The van der Waals surface area contributed by atoms with Crippen molar-refractivity contribution in [3.05, 3.63) is 11.7 Å². The third kappa shape index (κ3) is 2.48. The van der Waals surface area contributed by atoms with Crippen LogP contribution in [0.25, 0.3) is 0 Å². The molecule has 2 aliphatic heterocycles. The van der Waals surface area contributed by atoms with Gasteiger partial charge in [-0.3, -0.25) is 0 Å². The zero-order valence-corrected chi connectivity index (χ0v) is 9.63. The molecule has 3 rings (SSSR count). The number of aliphatic hydroxyl groups excluding tert-OH is 1.